The summed E-state index contributed by atoms with van der Waals surface area (Å²) in [5.41, 5.74) is 3.36. The van der Waals surface area contributed by atoms with Gasteiger partial charge in [-0.25, -0.2) is 4.79 Å². The van der Waals surface area contributed by atoms with Crippen LogP contribution in [0.2, 0.25) is 0 Å². The highest BCUT2D eigenvalue weighted by atomic mass is 16.5. The molecule has 0 aliphatic carbocycles. The second-order valence-electron chi connectivity index (χ2n) is 6.52. The maximum atomic E-state index is 12.7. The van der Waals surface area contributed by atoms with Gasteiger partial charge in [0.15, 0.2) is 0 Å². The van der Waals surface area contributed by atoms with Crippen molar-refractivity contribution in [3.8, 4) is 0 Å². The van der Waals surface area contributed by atoms with Gasteiger partial charge in [0, 0.05) is 24.5 Å². The molecule has 0 atom stereocenters. The van der Waals surface area contributed by atoms with Gasteiger partial charge in [0.05, 0.1) is 23.9 Å². The summed E-state index contributed by atoms with van der Waals surface area (Å²) in [6.45, 7) is 5.06. The minimum absolute atomic E-state index is 0.0565. The Bertz CT molecular complexity index is 811. The number of fused-ring (bicyclic) bond motifs is 1. The number of ether oxygens (including phenoxy) is 1. The summed E-state index contributed by atoms with van der Waals surface area (Å²) in [6, 6.07) is 7.99. The SMILES string of the molecule is COC(=O)N1CCC(NC(=O)c2cc3cc(C)ccc3nc2C)CC1. The first kappa shape index (κ1) is 17.2. The molecule has 1 aliphatic heterocycles. The van der Waals surface area contributed by atoms with Crippen molar-refractivity contribution in [1.82, 2.24) is 15.2 Å². The monoisotopic (exact) mass is 341 g/mol. The van der Waals surface area contributed by atoms with Crippen LogP contribution in [0.15, 0.2) is 24.3 Å². The number of methoxy groups -OCH3 is 1. The summed E-state index contributed by atoms with van der Waals surface area (Å²) >= 11 is 0. The van der Waals surface area contributed by atoms with Crippen LogP contribution in [0.4, 0.5) is 4.79 Å². The van der Waals surface area contributed by atoms with Crippen molar-refractivity contribution < 1.29 is 14.3 Å². The molecule has 0 unspecified atom stereocenters. The number of carbonyl (C=O) groups excluding carboxylic acids is 2. The van der Waals surface area contributed by atoms with Gasteiger partial charge in [0.25, 0.3) is 5.91 Å². The molecule has 1 aromatic carbocycles. The first-order valence-electron chi connectivity index (χ1n) is 8.49. The van der Waals surface area contributed by atoms with E-state index in [0.717, 1.165) is 35.0 Å². The normalized spacial score (nSPS) is 15.2. The zero-order valence-electron chi connectivity index (χ0n) is 14.8. The molecule has 0 saturated carbocycles. The summed E-state index contributed by atoms with van der Waals surface area (Å²) in [7, 11) is 1.38. The van der Waals surface area contributed by atoms with Crippen molar-refractivity contribution in [3.05, 3.63) is 41.1 Å². The molecule has 1 aromatic heterocycles. The molecular formula is C19H23N3O3. The first-order chi connectivity index (χ1) is 12.0. The van der Waals surface area contributed by atoms with Crippen molar-refractivity contribution in [1.29, 1.82) is 0 Å². The lowest BCUT2D eigenvalue weighted by atomic mass is 10.0. The van der Waals surface area contributed by atoms with E-state index in [1.807, 2.05) is 38.1 Å². The third kappa shape index (κ3) is 3.73. The molecule has 132 valence electrons. The summed E-state index contributed by atoms with van der Waals surface area (Å²) < 4.78 is 4.73. The molecule has 0 radical (unpaired) electrons. The number of benzene rings is 1. The smallest absolute Gasteiger partial charge is 0.409 e. The quantitative estimate of drug-likeness (QED) is 0.912. The number of nitrogens with one attached hydrogen (secondary N) is 1. The molecule has 6 heteroatoms. The van der Waals surface area contributed by atoms with Gasteiger partial charge in [-0.2, -0.15) is 0 Å². The minimum atomic E-state index is -0.310. The van der Waals surface area contributed by atoms with Crippen LogP contribution in [0.3, 0.4) is 0 Å². The maximum absolute atomic E-state index is 12.7. The number of aromatic nitrogens is 1. The van der Waals surface area contributed by atoms with E-state index in [4.69, 9.17) is 4.74 Å². The van der Waals surface area contributed by atoms with E-state index in [1.165, 1.54) is 7.11 Å². The Morgan fingerprint density at radius 2 is 1.92 bits per heavy atom. The van der Waals surface area contributed by atoms with Crippen LogP contribution >= 0.6 is 0 Å². The van der Waals surface area contributed by atoms with Gasteiger partial charge in [-0.1, -0.05) is 11.6 Å². The second kappa shape index (κ2) is 7.09. The standard InChI is InChI=1S/C19H23N3O3/c1-12-4-5-17-14(10-12)11-16(13(2)20-17)18(23)21-15-6-8-22(9-7-15)19(24)25-3/h4-5,10-11,15H,6-9H2,1-3H3,(H,21,23). The van der Waals surface area contributed by atoms with Gasteiger partial charge < -0.3 is 15.0 Å². The lowest BCUT2D eigenvalue weighted by molar-refractivity contribution is 0.0891. The van der Waals surface area contributed by atoms with Crippen LogP contribution in [-0.4, -0.2) is 48.1 Å². The van der Waals surface area contributed by atoms with Gasteiger partial charge in [0.2, 0.25) is 0 Å². The van der Waals surface area contributed by atoms with Gasteiger partial charge in [-0.05, 0) is 44.9 Å². The Kier molecular flexibility index (Phi) is 4.88. The predicted octanol–water partition coefficient (Wildman–Crippen LogP) is 2.81. The molecule has 3 rings (SSSR count). The summed E-state index contributed by atoms with van der Waals surface area (Å²) in [4.78, 5) is 30.4. The Morgan fingerprint density at radius 1 is 1.20 bits per heavy atom. The predicted molar refractivity (Wildman–Crippen MR) is 95.7 cm³/mol. The van der Waals surface area contributed by atoms with Gasteiger partial charge in [-0.3, -0.25) is 9.78 Å². The highest BCUT2D eigenvalue weighted by Crippen LogP contribution is 2.19. The van der Waals surface area contributed by atoms with Gasteiger partial charge in [0.1, 0.15) is 0 Å². The minimum Gasteiger partial charge on any atom is -0.453 e. The molecule has 0 spiro atoms. The van der Waals surface area contributed by atoms with E-state index < -0.39 is 0 Å². The Hall–Kier alpha value is -2.63. The number of hydrogen-bond acceptors (Lipinski definition) is 4. The number of rotatable bonds is 2. The molecule has 0 bridgehead atoms. The number of nitrogens with zero attached hydrogens (tertiary/aromatic N) is 2. The fourth-order valence-electron chi connectivity index (χ4n) is 3.22. The molecule has 1 saturated heterocycles. The molecule has 1 N–H and O–H groups in total. The van der Waals surface area contributed by atoms with Gasteiger partial charge in [-0.15, -0.1) is 0 Å². The van der Waals surface area contributed by atoms with Crippen LogP contribution in [0, 0.1) is 13.8 Å². The van der Waals surface area contributed by atoms with Crippen LogP contribution in [-0.2, 0) is 4.74 Å². The fraction of sp³-hybridized carbons (Fsp3) is 0.421. The van der Waals surface area contributed by atoms with Crippen molar-refractivity contribution in [3.63, 3.8) is 0 Å². The largest absolute Gasteiger partial charge is 0.453 e. The molecule has 25 heavy (non-hydrogen) atoms. The third-order valence-electron chi connectivity index (χ3n) is 4.67. The lowest BCUT2D eigenvalue weighted by Crippen LogP contribution is -2.46. The molecule has 1 aliphatic rings. The highest BCUT2D eigenvalue weighted by Gasteiger charge is 2.25. The number of amides is 2. The molecular weight excluding hydrogens is 318 g/mol. The van der Waals surface area contributed by atoms with E-state index in [2.05, 4.69) is 10.3 Å². The third-order valence-corrected chi connectivity index (χ3v) is 4.67. The van der Waals surface area contributed by atoms with Crippen molar-refractivity contribution >= 4 is 22.9 Å². The number of hydrogen-bond donors (Lipinski definition) is 1. The van der Waals surface area contributed by atoms with Crippen LogP contribution in [0.1, 0.15) is 34.5 Å². The zero-order valence-corrected chi connectivity index (χ0v) is 14.8. The average Bonchev–Trinajstić information content (AvgIpc) is 2.61. The summed E-state index contributed by atoms with van der Waals surface area (Å²) in [6.07, 6.45) is 1.13. The van der Waals surface area contributed by atoms with Crippen LogP contribution in [0.5, 0.6) is 0 Å². The van der Waals surface area contributed by atoms with Crippen molar-refractivity contribution in [2.75, 3.05) is 20.2 Å². The number of piperidine rings is 1. The van der Waals surface area contributed by atoms with E-state index in [1.54, 1.807) is 4.90 Å². The number of aryl methyl sites for hydroxylation is 2. The molecule has 2 aromatic rings. The molecule has 2 amide bonds. The Morgan fingerprint density at radius 3 is 2.60 bits per heavy atom. The number of likely N-dealkylation sites (tertiary alicyclic amines) is 1. The number of pyridine rings is 1. The Labute approximate surface area is 147 Å². The van der Waals surface area contributed by atoms with Crippen molar-refractivity contribution in [2.45, 2.75) is 32.7 Å². The molecule has 6 nitrogen and oxygen atoms in total. The lowest BCUT2D eigenvalue weighted by Gasteiger charge is -2.31. The van der Waals surface area contributed by atoms with E-state index in [9.17, 15) is 9.59 Å². The zero-order chi connectivity index (χ0) is 18.0. The maximum Gasteiger partial charge on any atom is 0.409 e. The second-order valence-corrected chi connectivity index (χ2v) is 6.52. The van der Waals surface area contributed by atoms with E-state index in [-0.39, 0.29) is 18.0 Å². The highest BCUT2D eigenvalue weighted by molar-refractivity contribution is 5.98. The van der Waals surface area contributed by atoms with E-state index in [0.29, 0.717) is 18.7 Å². The van der Waals surface area contributed by atoms with Crippen LogP contribution < -0.4 is 5.32 Å². The fourth-order valence-corrected chi connectivity index (χ4v) is 3.22. The average molecular weight is 341 g/mol. The number of carbonyl (C=O) groups is 2. The summed E-state index contributed by atoms with van der Waals surface area (Å²) in [5.74, 6) is -0.107. The van der Waals surface area contributed by atoms with Crippen LogP contribution in [0.25, 0.3) is 10.9 Å². The molecule has 1 fully saturated rings. The first-order valence-corrected chi connectivity index (χ1v) is 8.49. The van der Waals surface area contributed by atoms with E-state index >= 15 is 0 Å². The topological polar surface area (TPSA) is 71.5 Å². The van der Waals surface area contributed by atoms with Crippen molar-refractivity contribution in [2.24, 2.45) is 0 Å². The Balaban J connectivity index is 1.70. The van der Waals surface area contributed by atoms with Gasteiger partial charge >= 0.3 is 6.09 Å². The summed E-state index contributed by atoms with van der Waals surface area (Å²) in [5, 5.41) is 4.04. The molecule has 2 heterocycles.